The lowest BCUT2D eigenvalue weighted by molar-refractivity contribution is -0.113. The Hall–Kier alpha value is -3.39. The van der Waals surface area contributed by atoms with Crippen LogP contribution in [0.1, 0.15) is 13.3 Å². The lowest BCUT2D eigenvalue weighted by atomic mass is 10.1. The number of nitrogens with zero attached hydrogens (tertiary/aromatic N) is 3. The summed E-state index contributed by atoms with van der Waals surface area (Å²) < 4.78 is 17.2. The van der Waals surface area contributed by atoms with Crippen molar-refractivity contribution in [3.05, 3.63) is 77.0 Å². The number of anilines is 1. The number of aryl methyl sites for hydroxylation is 1. The Morgan fingerprint density at radius 1 is 1.12 bits per heavy atom. The summed E-state index contributed by atoms with van der Waals surface area (Å²) in [5, 5.41) is 3.04. The number of nitrogens with one attached hydrogen (secondary N) is 1. The fraction of sp³-hybridized carbons (Fsp3) is 0.208. The van der Waals surface area contributed by atoms with Gasteiger partial charge in [-0.2, -0.15) is 0 Å². The van der Waals surface area contributed by atoms with Crippen molar-refractivity contribution in [1.82, 2.24) is 14.1 Å². The highest BCUT2D eigenvalue weighted by Crippen LogP contribution is 2.29. The number of fused-ring (bicyclic) bond motifs is 1. The summed E-state index contributed by atoms with van der Waals surface area (Å²) in [6.45, 7) is 2.47. The van der Waals surface area contributed by atoms with E-state index in [1.165, 1.54) is 23.9 Å². The lowest BCUT2D eigenvalue weighted by Gasteiger charge is -2.12. The van der Waals surface area contributed by atoms with E-state index in [2.05, 4.69) is 5.32 Å². The molecule has 0 bridgehead atoms. The maximum Gasteiger partial charge on any atom is 0.278 e. The number of amides is 1. The summed E-state index contributed by atoms with van der Waals surface area (Å²) in [6, 6.07) is 15.8. The van der Waals surface area contributed by atoms with Gasteiger partial charge in [0.05, 0.1) is 11.4 Å². The first-order valence-corrected chi connectivity index (χ1v) is 11.3. The molecule has 2 heterocycles. The van der Waals surface area contributed by atoms with Gasteiger partial charge >= 0.3 is 0 Å². The van der Waals surface area contributed by atoms with E-state index in [-0.39, 0.29) is 22.9 Å². The van der Waals surface area contributed by atoms with Gasteiger partial charge in [0.25, 0.3) is 5.56 Å². The van der Waals surface area contributed by atoms with Crippen LogP contribution in [0.4, 0.5) is 10.1 Å². The molecule has 0 fully saturated rings. The van der Waals surface area contributed by atoms with Crippen LogP contribution in [0.5, 0.6) is 0 Å². The van der Waals surface area contributed by atoms with E-state index in [9.17, 15) is 14.0 Å². The number of hydrogen-bond acceptors (Lipinski definition) is 4. The number of thioether (sulfide) groups is 1. The molecule has 0 atom stereocenters. The predicted molar refractivity (Wildman–Crippen MR) is 126 cm³/mol. The molecule has 0 aliphatic carbocycles. The number of carbonyl (C=O) groups is 1. The van der Waals surface area contributed by atoms with Gasteiger partial charge in [-0.25, -0.2) is 9.37 Å². The number of aromatic nitrogens is 3. The second-order valence-corrected chi connectivity index (χ2v) is 8.33. The SMILES string of the molecule is CCCn1c(SCC(=O)Nc2ccccc2F)nc2c(-c3ccccc3)cn(C)c2c1=O. The molecular weight excluding hydrogens is 427 g/mol. The smallest absolute Gasteiger partial charge is 0.278 e. The molecule has 1 amide bonds. The predicted octanol–water partition coefficient (Wildman–Crippen LogP) is 4.68. The molecule has 164 valence electrons. The zero-order valence-corrected chi connectivity index (χ0v) is 18.7. The molecular formula is C24H23FN4O2S. The van der Waals surface area contributed by atoms with Crippen molar-refractivity contribution in [2.45, 2.75) is 25.0 Å². The van der Waals surface area contributed by atoms with Crippen LogP contribution in [0.3, 0.4) is 0 Å². The molecule has 0 saturated heterocycles. The second-order valence-electron chi connectivity index (χ2n) is 7.38. The molecule has 32 heavy (non-hydrogen) atoms. The summed E-state index contributed by atoms with van der Waals surface area (Å²) in [5.41, 5.74) is 2.94. The molecule has 4 rings (SSSR count). The summed E-state index contributed by atoms with van der Waals surface area (Å²) in [4.78, 5) is 30.6. The van der Waals surface area contributed by atoms with Crippen LogP contribution >= 0.6 is 11.8 Å². The fourth-order valence-corrected chi connectivity index (χ4v) is 4.41. The van der Waals surface area contributed by atoms with Crippen molar-refractivity contribution < 1.29 is 9.18 Å². The fourth-order valence-electron chi connectivity index (χ4n) is 3.59. The Morgan fingerprint density at radius 2 is 1.84 bits per heavy atom. The van der Waals surface area contributed by atoms with Gasteiger partial charge < -0.3 is 9.88 Å². The molecule has 0 aliphatic heterocycles. The van der Waals surface area contributed by atoms with Gasteiger partial charge in [0.1, 0.15) is 16.9 Å². The third-order valence-corrected chi connectivity index (χ3v) is 6.03. The monoisotopic (exact) mass is 450 g/mol. The van der Waals surface area contributed by atoms with Gasteiger partial charge in [0.2, 0.25) is 5.91 Å². The molecule has 0 radical (unpaired) electrons. The van der Waals surface area contributed by atoms with Crippen LogP contribution in [0.15, 0.2) is 70.7 Å². The number of carbonyl (C=O) groups excluding carboxylic acids is 1. The minimum absolute atomic E-state index is 0.00347. The van der Waals surface area contributed by atoms with E-state index < -0.39 is 5.82 Å². The molecule has 6 nitrogen and oxygen atoms in total. The highest BCUT2D eigenvalue weighted by atomic mass is 32.2. The quantitative estimate of drug-likeness (QED) is 0.328. The highest BCUT2D eigenvalue weighted by Gasteiger charge is 2.19. The highest BCUT2D eigenvalue weighted by molar-refractivity contribution is 7.99. The minimum atomic E-state index is -0.495. The summed E-state index contributed by atoms with van der Waals surface area (Å²) >= 11 is 1.17. The topological polar surface area (TPSA) is 68.9 Å². The zero-order chi connectivity index (χ0) is 22.7. The Kier molecular flexibility index (Phi) is 6.41. The number of hydrogen-bond donors (Lipinski definition) is 1. The van der Waals surface area contributed by atoms with Crippen LogP contribution in [0, 0.1) is 5.82 Å². The largest absolute Gasteiger partial charge is 0.344 e. The number of halogens is 1. The van der Waals surface area contributed by atoms with Crippen molar-refractivity contribution in [2.24, 2.45) is 7.05 Å². The van der Waals surface area contributed by atoms with E-state index in [1.807, 2.05) is 50.5 Å². The third kappa shape index (κ3) is 4.31. The summed E-state index contributed by atoms with van der Waals surface area (Å²) in [7, 11) is 1.84. The average Bonchev–Trinajstić information content (AvgIpc) is 3.13. The van der Waals surface area contributed by atoms with Crippen molar-refractivity contribution in [3.63, 3.8) is 0 Å². The summed E-state index contributed by atoms with van der Waals surface area (Å²) in [5.74, 6) is -0.859. The number of para-hydroxylation sites is 1. The van der Waals surface area contributed by atoms with Crippen LogP contribution < -0.4 is 10.9 Å². The van der Waals surface area contributed by atoms with Gasteiger partial charge in [-0.1, -0.05) is 61.2 Å². The van der Waals surface area contributed by atoms with E-state index in [0.29, 0.717) is 22.7 Å². The Labute approximate surface area is 189 Å². The molecule has 0 unspecified atom stereocenters. The maximum atomic E-state index is 13.8. The number of rotatable bonds is 7. The van der Waals surface area contributed by atoms with Crippen LogP contribution in [0.2, 0.25) is 0 Å². The normalized spacial score (nSPS) is 11.1. The van der Waals surface area contributed by atoms with Crippen molar-refractivity contribution in [2.75, 3.05) is 11.1 Å². The molecule has 4 aromatic rings. The molecule has 2 aromatic heterocycles. The van der Waals surface area contributed by atoms with Gasteiger partial charge in [-0.05, 0) is 24.1 Å². The van der Waals surface area contributed by atoms with Crippen LogP contribution in [0.25, 0.3) is 22.2 Å². The molecule has 0 saturated carbocycles. The van der Waals surface area contributed by atoms with Crippen molar-refractivity contribution in [1.29, 1.82) is 0 Å². The van der Waals surface area contributed by atoms with Crippen LogP contribution in [-0.4, -0.2) is 25.8 Å². The van der Waals surface area contributed by atoms with Crippen molar-refractivity contribution >= 4 is 34.4 Å². The first-order valence-electron chi connectivity index (χ1n) is 10.3. The van der Waals surface area contributed by atoms with Gasteiger partial charge in [0, 0.05) is 25.4 Å². The zero-order valence-electron chi connectivity index (χ0n) is 17.8. The lowest BCUT2D eigenvalue weighted by Crippen LogP contribution is -2.25. The summed E-state index contributed by atoms with van der Waals surface area (Å²) in [6.07, 6.45) is 2.65. The van der Waals surface area contributed by atoms with Gasteiger partial charge in [-0.3, -0.25) is 14.2 Å². The van der Waals surface area contributed by atoms with E-state index >= 15 is 0 Å². The van der Waals surface area contributed by atoms with Gasteiger partial charge in [0.15, 0.2) is 5.16 Å². The van der Waals surface area contributed by atoms with Gasteiger partial charge in [-0.15, -0.1) is 0 Å². The Morgan fingerprint density at radius 3 is 2.56 bits per heavy atom. The van der Waals surface area contributed by atoms with Crippen molar-refractivity contribution in [3.8, 4) is 11.1 Å². The Bertz CT molecular complexity index is 1330. The molecule has 8 heteroatoms. The van der Waals surface area contributed by atoms with E-state index in [4.69, 9.17) is 4.98 Å². The molecule has 2 aromatic carbocycles. The number of benzene rings is 2. The first kappa shape index (κ1) is 21.8. The van der Waals surface area contributed by atoms with E-state index in [1.54, 1.807) is 21.3 Å². The van der Waals surface area contributed by atoms with E-state index in [0.717, 1.165) is 17.5 Å². The second kappa shape index (κ2) is 9.40. The minimum Gasteiger partial charge on any atom is -0.344 e. The standard InChI is InChI=1S/C24H23FN4O2S/c1-3-13-29-23(31)22-21(17(14-28(22)2)16-9-5-4-6-10-16)27-24(29)32-15-20(30)26-19-12-8-7-11-18(19)25/h4-12,14H,3,13,15H2,1-2H3,(H,26,30). The third-order valence-electron chi connectivity index (χ3n) is 5.05. The molecule has 1 N–H and O–H groups in total. The van der Waals surface area contributed by atoms with Crippen LogP contribution in [-0.2, 0) is 18.4 Å². The average molecular weight is 451 g/mol. The molecule has 0 aliphatic rings. The molecule has 0 spiro atoms. The maximum absolute atomic E-state index is 13.8. The Balaban J connectivity index is 1.70. The first-order chi connectivity index (χ1) is 15.5.